The number of nitrogens with zero attached hydrogens (tertiary/aromatic N) is 3. The first-order valence-corrected chi connectivity index (χ1v) is 4.52. The Kier molecular flexibility index (Phi) is 2.69. The molecule has 0 aliphatic carbocycles. The van der Waals surface area contributed by atoms with Gasteiger partial charge in [-0.2, -0.15) is 0 Å². The van der Waals surface area contributed by atoms with E-state index in [9.17, 15) is 0 Å². The molecule has 74 valence electrons. The van der Waals surface area contributed by atoms with E-state index >= 15 is 0 Å². The molecule has 0 spiro atoms. The monoisotopic (exact) mass is 198 g/mol. The highest BCUT2D eigenvalue weighted by molar-refractivity contribution is 5.98. The van der Waals surface area contributed by atoms with Crippen LogP contribution in [0.4, 0.5) is 5.82 Å². The summed E-state index contributed by atoms with van der Waals surface area (Å²) in [7, 11) is 0. The summed E-state index contributed by atoms with van der Waals surface area (Å²) in [5, 5.41) is 0. The van der Waals surface area contributed by atoms with Crippen LogP contribution in [0.15, 0.2) is 53.9 Å². The Morgan fingerprint density at radius 3 is 2.53 bits per heavy atom. The van der Waals surface area contributed by atoms with Gasteiger partial charge >= 0.3 is 0 Å². The van der Waals surface area contributed by atoms with Crippen LogP contribution in [0.2, 0.25) is 0 Å². The molecular weight excluding hydrogens is 188 g/mol. The summed E-state index contributed by atoms with van der Waals surface area (Å²) in [6.45, 7) is 0. The molecule has 0 atom stereocenters. The minimum Gasteiger partial charge on any atom is -0.383 e. The molecule has 4 nitrogen and oxygen atoms in total. The summed E-state index contributed by atoms with van der Waals surface area (Å²) in [4.78, 5) is 12.2. The van der Waals surface area contributed by atoms with Crippen LogP contribution in [0.3, 0.4) is 0 Å². The van der Waals surface area contributed by atoms with Crippen LogP contribution < -0.4 is 5.73 Å². The maximum Gasteiger partial charge on any atom is 0.154 e. The largest absolute Gasteiger partial charge is 0.383 e. The van der Waals surface area contributed by atoms with Gasteiger partial charge in [-0.3, -0.25) is 4.98 Å². The molecule has 0 bridgehead atoms. The van der Waals surface area contributed by atoms with Crippen molar-refractivity contribution in [3.8, 4) is 0 Å². The molecule has 0 amide bonds. The van der Waals surface area contributed by atoms with Gasteiger partial charge in [-0.1, -0.05) is 6.07 Å². The number of amidine groups is 1. The van der Waals surface area contributed by atoms with Gasteiger partial charge in [0.25, 0.3) is 0 Å². The molecule has 0 unspecified atom stereocenters. The van der Waals surface area contributed by atoms with Gasteiger partial charge in [0.1, 0.15) is 5.84 Å². The molecule has 0 saturated heterocycles. The lowest BCUT2D eigenvalue weighted by atomic mass is 10.2. The Labute approximate surface area is 87.5 Å². The Bertz CT molecular complexity index is 451. The summed E-state index contributed by atoms with van der Waals surface area (Å²) in [6, 6.07) is 9.12. The molecule has 0 fully saturated rings. The molecular formula is C11H10N4. The van der Waals surface area contributed by atoms with E-state index in [1.54, 1.807) is 24.7 Å². The van der Waals surface area contributed by atoms with E-state index in [4.69, 9.17) is 5.73 Å². The highest BCUT2D eigenvalue weighted by Gasteiger charge is 1.97. The van der Waals surface area contributed by atoms with Gasteiger partial charge in [-0.05, 0) is 24.3 Å². The summed E-state index contributed by atoms with van der Waals surface area (Å²) in [6.07, 6.45) is 5.03. The van der Waals surface area contributed by atoms with E-state index in [1.165, 1.54) is 0 Å². The number of pyridine rings is 2. The van der Waals surface area contributed by atoms with Gasteiger partial charge in [-0.15, -0.1) is 0 Å². The molecule has 2 aromatic rings. The first-order valence-electron chi connectivity index (χ1n) is 4.52. The quantitative estimate of drug-likeness (QED) is 0.587. The van der Waals surface area contributed by atoms with Crippen molar-refractivity contribution in [2.24, 2.45) is 10.7 Å². The van der Waals surface area contributed by atoms with E-state index in [2.05, 4.69) is 15.0 Å². The fourth-order valence-electron chi connectivity index (χ4n) is 1.13. The SMILES string of the molecule is NC(=Nc1ccccn1)c1ccncc1. The number of rotatable bonds is 2. The molecule has 0 saturated carbocycles. The molecule has 2 N–H and O–H groups in total. The highest BCUT2D eigenvalue weighted by atomic mass is 14.9. The summed E-state index contributed by atoms with van der Waals surface area (Å²) in [5.41, 5.74) is 6.65. The van der Waals surface area contributed by atoms with Crippen molar-refractivity contribution >= 4 is 11.7 Å². The zero-order valence-electron chi connectivity index (χ0n) is 8.04. The van der Waals surface area contributed by atoms with Gasteiger partial charge < -0.3 is 5.73 Å². The molecule has 2 rings (SSSR count). The number of nitrogens with two attached hydrogens (primary N) is 1. The van der Waals surface area contributed by atoms with E-state index in [0.717, 1.165) is 5.56 Å². The van der Waals surface area contributed by atoms with Crippen molar-refractivity contribution in [2.45, 2.75) is 0 Å². The third kappa shape index (κ3) is 2.37. The van der Waals surface area contributed by atoms with Gasteiger partial charge in [-0.25, -0.2) is 9.98 Å². The van der Waals surface area contributed by atoms with E-state index in [0.29, 0.717) is 11.7 Å². The zero-order valence-corrected chi connectivity index (χ0v) is 8.04. The molecule has 4 heteroatoms. The van der Waals surface area contributed by atoms with Crippen molar-refractivity contribution in [2.75, 3.05) is 0 Å². The fraction of sp³-hybridized carbons (Fsp3) is 0. The molecule has 15 heavy (non-hydrogen) atoms. The minimum absolute atomic E-state index is 0.441. The lowest BCUT2D eigenvalue weighted by molar-refractivity contribution is 1.26. The standard InChI is InChI=1S/C11H10N4/c12-11(9-4-7-13-8-5-9)15-10-3-1-2-6-14-10/h1-8H,(H2,12,14,15). The lowest BCUT2D eigenvalue weighted by Crippen LogP contribution is -2.12. The normalized spacial score (nSPS) is 11.3. The van der Waals surface area contributed by atoms with Crippen LogP contribution in [0.25, 0.3) is 0 Å². The summed E-state index contributed by atoms with van der Waals surface area (Å²) >= 11 is 0. The summed E-state index contributed by atoms with van der Waals surface area (Å²) in [5.74, 6) is 1.04. The van der Waals surface area contributed by atoms with Crippen LogP contribution in [0, 0.1) is 0 Å². The van der Waals surface area contributed by atoms with Crippen LogP contribution in [0.5, 0.6) is 0 Å². The van der Waals surface area contributed by atoms with Crippen LogP contribution in [-0.2, 0) is 0 Å². The molecule has 2 aromatic heterocycles. The van der Waals surface area contributed by atoms with Crippen molar-refractivity contribution in [3.63, 3.8) is 0 Å². The van der Waals surface area contributed by atoms with E-state index < -0.39 is 0 Å². The fourth-order valence-corrected chi connectivity index (χ4v) is 1.13. The Balaban J connectivity index is 2.29. The first-order chi connectivity index (χ1) is 7.36. The van der Waals surface area contributed by atoms with Crippen LogP contribution in [0.1, 0.15) is 5.56 Å². The van der Waals surface area contributed by atoms with Gasteiger partial charge in [0.15, 0.2) is 5.82 Å². The van der Waals surface area contributed by atoms with E-state index in [-0.39, 0.29) is 0 Å². The van der Waals surface area contributed by atoms with Crippen molar-refractivity contribution in [3.05, 3.63) is 54.5 Å². The average Bonchev–Trinajstić information content (AvgIpc) is 2.31. The molecule has 2 heterocycles. The predicted molar refractivity (Wildman–Crippen MR) is 58.9 cm³/mol. The van der Waals surface area contributed by atoms with Crippen molar-refractivity contribution in [1.29, 1.82) is 0 Å². The third-order valence-electron chi connectivity index (χ3n) is 1.86. The second kappa shape index (κ2) is 4.32. The van der Waals surface area contributed by atoms with Crippen LogP contribution in [-0.4, -0.2) is 15.8 Å². The van der Waals surface area contributed by atoms with Gasteiger partial charge in [0, 0.05) is 24.2 Å². The highest BCUT2D eigenvalue weighted by Crippen LogP contribution is 2.07. The molecule has 0 aromatic carbocycles. The van der Waals surface area contributed by atoms with Crippen LogP contribution >= 0.6 is 0 Å². The maximum absolute atomic E-state index is 5.81. The smallest absolute Gasteiger partial charge is 0.154 e. The maximum atomic E-state index is 5.81. The number of aromatic nitrogens is 2. The van der Waals surface area contributed by atoms with Gasteiger partial charge in [0.05, 0.1) is 0 Å². The topological polar surface area (TPSA) is 64.2 Å². The molecule has 0 aliphatic heterocycles. The second-order valence-corrected chi connectivity index (χ2v) is 2.92. The van der Waals surface area contributed by atoms with E-state index in [1.807, 2.05) is 24.3 Å². The Hall–Kier alpha value is -2.23. The number of hydrogen-bond acceptors (Lipinski definition) is 3. The minimum atomic E-state index is 0.441. The average molecular weight is 198 g/mol. The molecule has 0 radical (unpaired) electrons. The van der Waals surface area contributed by atoms with Crippen molar-refractivity contribution in [1.82, 2.24) is 9.97 Å². The second-order valence-electron chi connectivity index (χ2n) is 2.92. The third-order valence-corrected chi connectivity index (χ3v) is 1.86. The van der Waals surface area contributed by atoms with Crippen molar-refractivity contribution < 1.29 is 0 Å². The molecule has 0 aliphatic rings. The predicted octanol–water partition coefficient (Wildman–Crippen LogP) is 1.51. The first kappa shape index (κ1) is 9.33. The van der Waals surface area contributed by atoms with Gasteiger partial charge in [0.2, 0.25) is 0 Å². The Morgan fingerprint density at radius 2 is 1.87 bits per heavy atom. The Morgan fingerprint density at radius 1 is 1.07 bits per heavy atom. The zero-order chi connectivity index (χ0) is 10.5. The number of hydrogen-bond donors (Lipinski definition) is 1. The lowest BCUT2D eigenvalue weighted by Gasteiger charge is -1.99. The summed E-state index contributed by atoms with van der Waals surface area (Å²) < 4.78 is 0. The number of aliphatic imine (C=N–C) groups is 1.